The third-order valence-electron chi connectivity index (χ3n) is 3.08. The van der Waals surface area contributed by atoms with E-state index in [9.17, 15) is 5.26 Å². The first-order valence-electron chi connectivity index (χ1n) is 5.86. The van der Waals surface area contributed by atoms with E-state index in [0.717, 1.165) is 21.8 Å². The molecule has 0 atom stereocenters. The zero-order chi connectivity index (χ0) is 13.8. The Kier molecular flexibility index (Phi) is 4.98. The van der Waals surface area contributed by atoms with Gasteiger partial charge in [-0.1, -0.05) is 6.07 Å². The van der Waals surface area contributed by atoms with E-state index in [2.05, 4.69) is 42.8 Å². The summed E-state index contributed by atoms with van der Waals surface area (Å²) in [5.41, 5.74) is 4.54. The maximum atomic E-state index is 9.38. The number of benzene rings is 1. The zero-order valence-corrected chi connectivity index (χ0v) is 13.6. The number of rotatable bonds is 4. The minimum Gasteiger partial charge on any atom is -0.192 e. The fraction of sp³-hybridized carbons (Fsp3) is 0.267. The maximum Gasteiger partial charge on any atom is 0.101 e. The molecule has 98 valence electrons. The number of hydrogen-bond acceptors (Lipinski definition) is 4. The van der Waals surface area contributed by atoms with Crippen molar-refractivity contribution in [3.63, 3.8) is 0 Å². The lowest BCUT2D eigenvalue weighted by atomic mass is 9.97. The molecular weight excluding hydrogens is 290 g/mol. The molecule has 0 aliphatic rings. The molecule has 0 spiro atoms. The second kappa shape index (κ2) is 6.51. The van der Waals surface area contributed by atoms with Crippen molar-refractivity contribution < 1.29 is 0 Å². The van der Waals surface area contributed by atoms with Crippen molar-refractivity contribution in [3.8, 4) is 16.5 Å². The first kappa shape index (κ1) is 14.5. The van der Waals surface area contributed by atoms with Crippen molar-refractivity contribution in [1.82, 2.24) is 0 Å². The van der Waals surface area contributed by atoms with E-state index in [-0.39, 0.29) is 0 Å². The van der Waals surface area contributed by atoms with E-state index < -0.39 is 0 Å². The predicted octanol–water partition coefficient (Wildman–Crippen LogP) is 5.18. The average Bonchev–Trinajstić information content (AvgIpc) is 2.94. The molecule has 2 aromatic rings. The monoisotopic (exact) mass is 305 g/mol. The summed E-state index contributed by atoms with van der Waals surface area (Å²) in [6, 6.07) is 8.76. The Morgan fingerprint density at radius 2 is 2.16 bits per heavy atom. The van der Waals surface area contributed by atoms with Gasteiger partial charge in [0.1, 0.15) is 6.07 Å². The van der Waals surface area contributed by atoms with E-state index >= 15 is 0 Å². The normalized spacial score (nSPS) is 10.4. The lowest BCUT2D eigenvalue weighted by molar-refractivity contribution is 1.23. The molecule has 4 heteroatoms. The average molecular weight is 305 g/mol. The lowest BCUT2D eigenvalue weighted by Crippen LogP contribution is -1.97. The van der Waals surface area contributed by atoms with Gasteiger partial charge in [-0.15, -0.1) is 23.1 Å². The smallest absolute Gasteiger partial charge is 0.101 e. The molecular formula is C15H15NS3. The van der Waals surface area contributed by atoms with Crippen LogP contribution < -0.4 is 0 Å². The molecule has 2 rings (SSSR count). The van der Waals surface area contributed by atoms with Gasteiger partial charge < -0.3 is 0 Å². The van der Waals surface area contributed by atoms with Crippen LogP contribution in [0.15, 0.2) is 28.5 Å². The minimum absolute atomic E-state index is 0.830. The predicted molar refractivity (Wildman–Crippen MR) is 88.2 cm³/mol. The van der Waals surface area contributed by atoms with E-state index in [1.165, 1.54) is 16.0 Å². The highest BCUT2D eigenvalue weighted by Crippen LogP contribution is 2.37. The quantitative estimate of drug-likeness (QED) is 0.727. The molecule has 0 amide bonds. The molecule has 0 aliphatic heterocycles. The summed E-state index contributed by atoms with van der Waals surface area (Å²) in [6.07, 6.45) is 4.13. The highest BCUT2D eigenvalue weighted by Gasteiger charge is 2.16. The highest BCUT2D eigenvalue weighted by molar-refractivity contribution is 7.98. The Morgan fingerprint density at radius 1 is 1.37 bits per heavy atom. The van der Waals surface area contributed by atoms with Gasteiger partial charge in [0.05, 0.1) is 5.56 Å². The second-order valence-corrected chi connectivity index (χ2v) is 6.79. The van der Waals surface area contributed by atoms with Crippen LogP contribution in [-0.4, -0.2) is 12.5 Å². The summed E-state index contributed by atoms with van der Waals surface area (Å²) < 4.78 is 0. The van der Waals surface area contributed by atoms with Crippen molar-refractivity contribution in [1.29, 1.82) is 5.26 Å². The summed E-state index contributed by atoms with van der Waals surface area (Å²) in [6.45, 7) is 2.07. The summed E-state index contributed by atoms with van der Waals surface area (Å²) in [5, 5.41) is 11.5. The zero-order valence-electron chi connectivity index (χ0n) is 11.2. The van der Waals surface area contributed by atoms with E-state index in [1.807, 2.05) is 6.26 Å². The molecule has 19 heavy (non-hydrogen) atoms. The molecule has 0 N–H and O–H groups in total. The SMILES string of the molecule is CSCc1c(-c2cccs2)cc(SC)c(C#N)c1C. The summed E-state index contributed by atoms with van der Waals surface area (Å²) in [5.74, 6) is 0.947. The molecule has 0 radical (unpaired) electrons. The van der Waals surface area contributed by atoms with Crippen LogP contribution in [0, 0.1) is 18.3 Å². The lowest BCUT2D eigenvalue weighted by Gasteiger charge is -2.15. The Labute approximate surface area is 127 Å². The second-order valence-electron chi connectivity index (χ2n) is 4.13. The fourth-order valence-corrected chi connectivity index (χ4v) is 4.18. The van der Waals surface area contributed by atoms with Gasteiger partial charge in [0.2, 0.25) is 0 Å². The van der Waals surface area contributed by atoms with E-state index in [0.29, 0.717) is 0 Å². The Morgan fingerprint density at radius 3 is 2.68 bits per heavy atom. The molecule has 1 aromatic carbocycles. The summed E-state index contributed by atoms with van der Waals surface area (Å²) in [4.78, 5) is 2.36. The Balaban J connectivity index is 2.72. The van der Waals surface area contributed by atoms with Crippen molar-refractivity contribution in [2.24, 2.45) is 0 Å². The number of nitriles is 1. The third kappa shape index (κ3) is 2.84. The number of nitrogens with zero attached hydrogens (tertiary/aromatic N) is 1. The van der Waals surface area contributed by atoms with Crippen molar-refractivity contribution in [2.75, 3.05) is 12.5 Å². The first-order chi connectivity index (χ1) is 9.22. The molecule has 0 saturated heterocycles. The van der Waals surface area contributed by atoms with Crippen LogP contribution in [-0.2, 0) is 5.75 Å². The number of thiophene rings is 1. The van der Waals surface area contributed by atoms with Gasteiger partial charge in [-0.2, -0.15) is 17.0 Å². The maximum absolute atomic E-state index is 9.38. The number of hydrogen-bond donors (Lipinski definition) is 0. The van der Waals surface area contributed by atoms with Crippen LogP contribution >= 0.6 is 34.9 Å². The van der Waals surface area contributed by atoms with Gasteiger partial charge in [-0.3, -0.25) is 0 Å². The molecule has 0 saturated carbocycles. The van der Waals surface area contributed by atoms with Crippen LogP contribution in [0.3, 0.4) is 0 Å². The van der Waals surface area contributed by atoms with Gasteiger partial charge in [0, 0.05) is 15.5 Å². The van der Waals surface area contributed by atoms with Crippen molar-refractivity contribution in [3.05, 3.63) is 40.3 Å². The molecule has 1 heterocycles. The highest BCUT2D eigenvalue weighted by atomic mass is 32.2. The van der Waals surface area contributed by atoms with Gasteiger partial charge >= 0.3 is 0 Å². The molecule has 0 bridgehead atoms. The Hall–Kier alpha value is -0.890. The van der Waals surface area contributed by atoms with Crippen LogP contribution in [0.1, 0.15) is 16.7 Å². The molecule has 1 nitrogen and oxygen atoms in total. The minimum atomic E-state index is 0.830. The van der Waals surface area contributed by atoms with Crippen LogP contribution in [0.25, 0.3) is 10.4 Å². The van der Waals surface area contributed by atoms with E-state index in [1.54, 1.807) is 34.9 Å². The van der Waals surface area contributed by atoms with Gasteiger partial charge in [0.15, 0.2) is 0 Å². The van der Waals surface area contributed by atoms with Crippen LogP contribution in [0.2, 0.25) is 0 Å². The summed E-state index contributed by atoms with van der Waals surface area (Å²) >= 11 is 5.21. The standard InChI is InChI=1S/C15H15NS3/c1-10-12(8-16)15(18-3)7-11(13(10)9-17-2)14-5-4-6-19-14/h4-7H,9H2,1-3H3. The van der Waals surface area contributed by atoms with Crippen molar-refractivity contribution >= 4 is 34.9 Å². The largest absolute Gasteiger partial charge is 0.192 e. The van der Waals surface area contributed by atoms with Gasteiger partial charge in [-0.25, -0.2) is 0 Å². The molecule has 0 aliphatic carbocycles. The van der Waals surface area contributed by atoms with E-state index in [4.69, 9.17) is 0 Å². The van der Waals surface area contributed by atoms with Crippen LogP contribution in [0.5, 0.6) is 0 Å². The number of thioether (sulfide) groups is 2. The molecule has 1 aromatic heterocycles. The third-order valence-corrected chi connectivity index (χ3v) is 5.32. The molecule has 0 fully saturated rings. The topological polar surface area (TPSA) is 23.8 Å². The first-order valence-corrected chi connectivity index (χ1v) is 9.36. The van der Waals surface area contributed by atoms with Crippen molar-refractivity contribution in [2.45, 2.75) is 17.6 Å². The van der Waals surface area contributed by atoms with Crippen LogP contribution in [0.4, 0.5) is 0 Å². The molecule has 0 unspecified atom stereocenters. The fourth-order valence-electron chi connectivity index (χ4n) is 2.11. The summed E-state index contributed by atoms with van der Waals surface area (Å²) in [7, 11) is 0. The van der Waals surface area contributed by atoms with Gasteiger partial charge in [0.25, 0.3) is 0 Å². The van der Waals surface area contributed by atoms with Gasteiger partial charge in [-0.05, 0) is 53.6 Å². The Bertz CT molecular complexity index is 609.